The third-order valence-electron chi connectivity index (χ3n) is 5.26. The van der Waals surface area contributed by atoms with E-state index in [1.807, 2.05) is 44.2 Å². The molecule has 0 spiro atoms. The van der Waals surface area contributed by atoms with Crippen LogP contribution in [0.2, 0.25) is 0 Å². The van der Waals surface area contributed by atoms with E-state index in [0.29, 0.717) is 6.61 Å². The lowest BCUT2D eigenvalue weighted by atomic mass is 10.0. The SMILES string of the molecule is CCOc1ccc(C(=O)[C@@H](C)[n+]2cc(-c3ccccc3)n3c2CCC3)cc1. The van der Waals surface area contributed by atoms with Crippen LogP contribution in [0.1, 0.15) is 42.5 Å². The van der Waals surface area contributed by atoms with Gasteiger partial charge in [0.15, 0.2) is 11.7 Å². The quantitative estimate of drug-likeness (QED) is 0.486. The van der Waals surface area contributed by atoms with Gasteiger partial charge in [0.05, 0.1) is 19.6 Å². The van der Waals surface area contributed by atoms with Crippen molar-refractivity contribution in [1.82, 2.24) is 4.57 Å². The number of benzene rings is 2. The Kier molecular flexibility index (Phi) is 4.80. The van der Waals surface area contributed by atoms with Crippen LogP contribution in [0, 0.1) is 0 Å². The Balaban J connectivity index is 1.66. The lowest BCUT2D eigenvalue weighted by Gasteiger charge is -2.10. The van der Waals surface area contributed by atoms with Crippen LogP contribution in [0.4, 0.5) is 0 Å². The van der Waals surface area contributed by atoms with Crippen LogP contribution >= 0.6 is 0 Å². The van der Waals surface area contributed by atoms with Crippen molar-refractivity contribution < 1.29 is 14.1 Å². The Morgan fingerprint density at radius 2 is 1.89 bits per heavy atom. The summed E-state index contributed by atoms with van der Waals surface area (Å²) in [5, 5.41) is 0. The minimum atomic E-state index is -0.236. The lowest BCUT2D eigenvalue weighted by molar-refractivity contribution is -0.710. The first-order chi connectivity index (χ1) is 13.2. The molecule has 27 heavy (non-hydrogen) atoms. The average Bonchev–Trinajstić information content (AvgIpc) is 3.31. The summed E-state index contributed by atoms with van der Waals surface area (Å²) in [6, 6.07) is 17.6. The number of rotatable bonds is 6. The van der Waals surface area contributed by atoms with Gasteiger partial charge in [0.1, 0.15) is 11.9 Å². The zero-order chi connectivity index (χ0) is 18.8. The molecule has 0 aliphatic carbocycles. The van der Waals surface area contributed by atoms with Gasteiger partial charge >= 0.3 is 0 Å². The van der Waals surface area contributed by atoms with Crippen molar-refractivity contribution in [1.29, 1.82) is 0 Å². The largest absolute Gasteiger partial charge is 0.494 e. The van der Waals surface area contributed by atoms with E-state index in [4.69, 9.17) is 4.74 Å². The van der Waals surface area contributed by atoms with Crippen molar-refractivity contribution in [3.05, 3.63) is 72.2 Å². The maximum Gasteiger partial charge on any atom is 0.257 e. The summed E-state index contributed by atoms with van der Waals surface area (Å²) in [7, 11) is 0. The van der Waals surface area contributed by atoms with Gasteiger partial charge in [-0.2, -0.15) is 0 Å². The fourth-order valence-electron chi connectivity index (χ4n) is 3.89. The van der Waals surface area contributed by atoms with Gasteiger partial charge < -0.3 is 4.74 Å². The first-order valence-electron chi connectivity index (χ1n) is 9.65. The van der Waals surface area contributed by atoms with E-state index in [2.05, 4.69) is 39.6 Å². The molecule has 0 bridgehead atoms. The maximum absolute atomic E-state index is 13.1. The molecule has 0 unspecified atom stereocenters. The number of carbonyl (C=O) groups is 1. The second-order valence-electron chi connectivity index (χ2n) is 6.96. The number of aromatic nitrogens is 2. The first kappa shape index (κ1) is 17.5. The summed E-state index contributed by atoms with van der Waals surface area (Å²) in [5.74, 6) is 2.16. The van der Waals surface area contributed by atoms with Crippen LogP contribution in [0.5, 0.6) is 5.75 Å². The fourth-order valence-corrected chi connectivity index (χ4v) is 3.89. The molecule has 1 aromatic heterocycles. The molecule has 1 atom stereocenters. The fraction of sp³-hybridized carbons (Fsp3) is 0.304. The van der Waals surface area contributed by atoms with Gasteiger partial charge in [-0.25, -0.2) is 9.13 Å². The van der Waals surface area contributed by atoms with Gasteiger partial charge in [0.25, 0.3) is 5.82 Å². The highest BCUT2D eigenvalue weighted by Gasteiger charge is 2.33. The molecule has 4 heteroatoms. The Labute approximate surface area is 160 Å². The Morgan fingerprint density at radius 3 is 2.59 bits per heavy atom. The summed E-state index contributed by atoms with van der Waals surface area (Å²) >= 11 is 0. The molecule has 4 nitrogen and oxygen atoms in total. The summed E-state index contributed by atoms with van der Waals surface area (Å²) in [5.41, 5.74) is 3.10. The van der Waals surface area contributed by atoms with E-state index in [1.165, 1.54) is 17.1 Å². The Hall–Kier alpha value is -2.88. The number of ether oxygens (including phenoxy) is 1. The van der Waals surface area contributed by atoms with Crippen LogP contribution in [-0.4, -0.2) is 17.0 Å². The van der Waals surface area contributed by atoms with E-state index < -0.39 is 0 Å². The molecule has 0 saturated carbocycles. The van der Waals surface area contributed by atoms with E-state index in [0.717, 1.165) is 30.7 Å². The molecule has 1 aliphatic heterocycles. The molecule has 0 N–H and O–H groups in total. The topological polar surface area (TPSA) is 35.1 Å². The molecular formula is C23H25N2O2+. The number of Topliss-reactive ketones (excluding diaryl/α,β-unsaturated/α-hetero) is 1. The minimum absolute atomic E-state index is 0.128. The summed E-state index contributed by atoms with van der Waals surface area (Å²) < 4.78 is 10.00. The molecule has 0 amide bonds. The highest BCUT2D eigenvalue weighted by molar-refractivity contribution is 5.97. The molecular weight excluding hydrogens is 336 g/mol. The second-order valence-corrected chi connectivity index (χ2v) is 6.96. The summed E-state index contributed by atoms with van der Waals surface area (Å²) in [6.07, 6.45) is 4.27. The van der Waals surface area contributed by atoms with Crippen LogP contribution < -0.4 is 9.30 Å². The van der Waals surface area contributed by atoms with Gasteiger partial charge in [-0.05, 0) is 44.5 Å². The number of fused-ring (bicyclic) bond motifs is 1. The monoisotopic (exact) mass is 361 g/mol. The van der Waals surface area contributed by atoms with Crippen molar-refractivity contribution >= 4 is 5.78 Å². The number of imidazole rings is 1. The van der Waals surface area contributed by atoms with Crippen LogP contribution in [0.15, 0.2) is 60.8 Å². The molecule has 0 radical (unpaired) electrons. The number of carbonyl (C=O) groups excluding carboxylic acids is 1. The molecule has 4 rings (SSSR count). The van der Waals surface area contributed by atoms with E-state index in [-0.39, 0.29) is 11.8 Å². The van der Waals surface area contributed by atoms with Crippen molar-refractivity contribution in [3.63, 3.8) is 0 Å². The molecule has 2 heterocycles. The molecule has 0 saturated heterocycles. The van der Waals surface area contributed by atoms with Crippen LogP contribution in [0.25, 0.3) is 11.3 Å². The van der Waals surface area contributed by atoms with Gasteiger partial charge in [0.2, 0.25) is 5.78 Å². The van der Waals surface area contributed by atoms with Crippen molar-refractivity contribution in [2.45, 2.75) is 39.3 Å². The Bertz CT molecular complexity index is 943. The lowest BCUT2D eigenvalue weighted by Crippen LogP contribution is -2.44. The van der Waals surface area contributed by atoms with Gasteiger partial charge in [-0.3, -0.25) is 4.79 Å². The Morgan fingerprint density at radius 1 is 1.15 bits per heavy atom. The van der Waals surface area contributed by atoms with Gasteiger partial charge in [0, 0.05) is 11.1 Å². The molecule has 1 aliphatic rings. The van der Waals surface area contributed by atoms with E-state index in [9.17, 15) is 4.79 Å². The zero-order valence-electron chi connectivity index (χ0n) is 15.9. The maximum atomic E-state index is 13.1. The summed E-state index contributed by atoms with van der Waals surface area (Å²) in [4.78, 5) is 13.1. The van der Waals surface area contributed by atoms with Crippen molar-refractivity contribution in [2.24, 2.45) is 0 Å². The highest BCUT2D eigenvalue weighted by atomic mass is 16.5. The van der Waals surface area contributed by atoms with E-state index >= 15 is 0 Å². The zero-order valence-corrected chi connectivity index (χ0v) is 15.9. The first-order valence-corrected chi connectivity index (χ1v) is 9.65. The average molecular weight is 361 g/mol. The number of nitrogens with zero attached hydrogens (tertiary/aromatic N) is 2. The number of ketones is 1. The predicted molar refractivity (Wildman–Crippen MR) is 105 cm³/mol. The van der Waals surface area contributed by atoms with E-state index in [1.54, 1.807) is 0 Å². The summed E-state index contributed by atoms with van der Waals surface area (Å²) in [6.45, 7) is 5.58. The van der Waals surface area contributed by atoms with Crippen molar-refractivity contribution in [3.8, 4) is 17.0 Å². The predicted octanol–water partition coefficient (Wildman–Crippen LogP) is 4.23. The minimum Gasteiger partial charge on any atom is -0.494 e. The normalized spacial score (nSPS) is 14.0. The van der Waals surface area contributed by atoms with Gasteiger partial charge in [-0.1, -0.05) is 30.3 Å². The second kappa shape index (κ2) is 7.39. The van der Waals surface area contributed by atoms with Crippen LogP contribution in [-0.2, 0) is 13.0 Å². The van der Waals surface area contributed by atoms with Crippen molar-refractivity contribution in [2.75, 3.05) is 6.61 Å². The smallest absolute Gasteiger partial charge is 0.257 e. The standard InChI is InChI=1S/C23H25N2O2/c1-3-27-20-13-11-19(12-14-20)23(26)17(2)25-16-21(18-8-5-4-6-9-18)24-15-7-10-22(24)25/h4-6,8-9,11-14,16-17H,3,7,10,15H2,1-2H3/q+1/t17-/m1/s1. The van der Waals surface area contributed by atoms with Crippen LogP contribution in [0.3, 0.4) is 0 Å². The number of hydrogen-bond donors (Lipinski definition) is 0. The third-order valence-corrected chi connectivity index (χ3v) is 5.26. The number of hydrogen-bond acceptors (Lipinski definition) is 2. The molecule has 2 aromatic carbocycles. The third kappa shape index (κ3) is 3.27. The molecule has 3 aromatic rings. The molecule has 0 fully saturated rings. The highest BCUT2D eigenvalue weighted by Crippen LogP contribution is 2.26. The van der Waals surface area contributed by atoms with Gasteiger partial charge in [-0.15, -0.1) is 0 Å². The molecule has 138 valence electrons.